The molecule has 0 saturated carbocycles. The average Bonchev–Trinajstić information content (AvgIpc) is 2.98. The second-order valence-corrected chi connectivity index (χ2v) is 7.01. The van der Waals surface area contributed by atoms with Crippen molar-refractivity contribution in [1.29, 1.82) is 0 Å². The molecule has 0 radical (unpaired) electrons. The van der Waals surface area contributed by atoms with E-state index in [1.807, 2.05) is 42.5 Å². The maximum Gasteiger partial charge on any atom is 0.323 e. The predicted octanol–water partition coefficient (Wildman–Crippen LogP) is 4.12. The van der Waals surface area contributed by atoms with Crippen LogP contribution in [0, 0.1) is 0 Å². The second-order valence-electron chi connectivity index (χ2n) is 7.01. The van der Waals surface area contributed by atoms with Gasteiger partial charge in [0.05, 0.1) is 11.1 Å². The maximum absolute atomic E-state index is 12.6. The van der Waals surface area contributed by atoms with Gasteiger partial charge < -0.3 is 15.4 Å². The lowest BCUT2D eigenvalue weighted by Crippen LogP contribution is -2.31. The highest BCUT2D eigenvalue weighted by atomic mass is 16.5. The number of carbonyl (C=O) groups is 3. The van der Waals surface area contributed by atoms with E-state index in [1.54, 1.807) is 19.2 Å². The van der Waals surface area contributed by atoms with Crippen LogP contribution in [0.1, 0.15) is 27.1 Å². The van der Waals surface area contributed by atoms with Gasteiger partial charge in [0.1, 0.15) is 0 Å². The molecule has 4 rings (SSSR count). The Morgan fingerprint density at radius 2 is 1.53 bits per heavy atom. The van der Waals surface area contributed by atoms with Crippen molar-refractivity contribution in [2.45, 2.75) is 6.42 Å². The van der Waals surface area contributed by atoms with Crippen molar-refractivity contribution in [2.75, 3.05) is 30.9 Å². The molecular formula is C23H21N3O4. The third-order valence-corrected chi connectivity index (χ3v) is 4.97. The highest BCUT2D eigenvalue weighted by molar-refractivity contribution is 6.22. The molecule has 1 aliphatic rings. The first-order valence-electron chi connectivity index (χ1n) is 9.63. The molecule has 1 aliphatic heterocycles. The van der Waals surface area contributed by atoms with Gasteiger partial charge in [-0.05, 0) is 47.5 Å². The van der Waals surface area contributed by atoms with Crippen LogP contribution in [0.25, 0.3) is 10.8 Å². The number of carbonyl (C=O) groups excluding carboxylic acids is 3. The molecule has 2 N–H and O–H groups in total. The molecule has 0 spiro atoms. The van der Waals surface area contributed by atoms with Crippen LogP contribution in [-0.2, 0) is 4.74 Å². The summed E-state index contributed by atoms with van der Waals surface area (Å²) in [5, 5.41) is 7.61. The highest BCUT2D eigenvalue weighted by Crippen LogP contribution is 2.26. The first-order valence-corrected chi connectivity index (χ1v) is 9.63. The molecule has 0 bridgehead atoms. The Balaban J connectivity index is 1.45. The Hall–Kier alpha value is -3.71. The Labute approximate surface area is 173 Å². The summed E-state index contributed by atoms with van der Waals surface area (Å²) >= 11 is 0. The van der Waals surface area contributed by atoms with Crippen molar-refractivity contribution >= 4 is 40.0 Å². The van der Waals surface area contributed by atoms with E-state index in [9.17, 15) is 14.4 Å². The van der Waals surface area contributed by atoms with Gasteiger partial charge in [0.2, 0.25) is 0 Å². The summed E-state index contributed by atoms with van der Waals surface area (Å²) in [5.41, 5.74) is 1.73. The lowest BCUT2D eigenvalue weighted by Gasteiger charge is -2.12. The van der Waals surface area contributed by atoms with Gasteiger partial charge >= 0.3 is 6.03 Å². The van der Waals surface area contributed by atoms with Crippen molar-refractivity contribution in [2.24, 2.45) is 0 Å². The minimum absolute atomic E-state index is 0.293. The average molecular weight is 403 g/mol. The molecule has 4 amide bonds. The van der Waals surface area contributed by atoms with E-state index in [0.717, 1.165) is 10.8 Å². The van der Waals surface area contributed by atoms with Gasteiger partial charge in [-0.15, -0.1) is 0 Å². The fourth-order valence-electron chi connectivity index (χ4n) is 3.50. The van der Waals surface area contributed by atoms with E-state index in [2.05, 4.69) is 10.6 Å². The third-order valence-electron chi connectivity index (χ3n) is 4.97. The van der Waals surface area contributed by atoms with Crippen LogP contribution in [0.3, 0.4) is 0 Å². The summed E-state index contributed by atoms with van der Waals surface area (Å²) in [6.07, 6.45) is 0.571. The summed E-state index contributed by atoms with van der Waals surface area (Å²) in [7, 11) is 1.57. The van der Waals surface area contributed by atoms with Crippen LogP contribution in [0.5, 0.6) is 0 Å². The molecule has 30 heavy (non-hydrogen) atoms. The highest BCUT2D eigenvalue weighted by Gasteiger charge is 2.35. The number of amides is 4. The standard InChI is InChI=1S/C23H21N3O4/c1-30-12-4-11-26-21(27)19-10-9-18(14-20(19)22(26)28)25-23(29)24-17-8-7-15-5-2-3-6-16(15)13-17/h2-3,5-10,13-14H,4,11-12H2,1H3,(H2,24,25,29). The van der Waals surface area contributed by atoms with Gasteiger partial charge in [0, 0.05) is 31.6 Å². The monoisotopic (exact) mass is 403 g/mol. The first kappa shape index (κ1) is 19.6. The maximum atomic E-state index is 12.6. The molecule has 3 aromatic rings. The first-order chi connectivity index (χ1) is 14.6. The Morgan fingerprint density at radius 3 is 2.30 bits per heavy atom. The number of hydrogen-bond acceptors (Lipinski definition) is 4. The number of rotatable bonds is 6. The zero-order valence-corrected chi connectivity index (χ0v) is 16.5. The van der Waals surface area contributed by atoms with E-state index in [1.165, 1.54) is 11.0 Å². The molecule has 152 valence electrons. The molecule has 0 fully saturated rings. The fraction of sp³-hybridized carbons (Fsp3) is 0.174. The minimum Gasteiger partial charge on any atom is -0.385 e. The van der Waals surface area contributed by atoms with E-state index in [4.69, 9.17) is 4.74 Å². The number of fused-ring (bicyclic) bond motifs is 2. The van der Waals surface area contributed by atoms with Crippen LogP contribution in [0.15, 0.2) is 60.7 Å². The third kappa shape index (κ3) is 3.88. The van der Waals surface area contributed by atoms with Gasteiger partial charge in [-0.3, -0.25) is 14.5 Å². The van der Waals surface area contributed by atoms with Crippen molar-refractivity contribution in [3.63, 3.8) is 0 Å². The van der Waals surface area contributed by atoms with Crippen molar-refractivity contribution in [3.05, 3.63) is 71.8 Å². The van der Waals surface area contributed by atoms with Gasteiger partial charge in [-0.1, -0.05) is 30.3 Å². The number of anilines is 2. The fourth-order valence-corrected chi connectivity index (χ4v) is 3.50. The zero-order chi connectivity index (χ0) is 21.1. The van der Waals surface area contributed by atoms with Crippen LogP contribution < -0.4 is 10.6 Å². The van der Waals surface area contributed by atoms with Crippen LogP contribution >= 0.6 is 0 Å². The molecule has 0 atom stereocenters. The number of imide groups is 1. The summed E-state index contributed by atoms with van der Waals surface area (Å²) in [5.74, 6) is -0.678. The molecule has 7 nitrogen and oxygen atoms in total. The summed E-state index contributed by atoms with van der Waals surface area (Å²) in [6.45, 7) is 0.764. The largest absolute Gasteiger partial charge is 0.385 e. The van der Waals surface area contributed by atoms with Crippen LogP contribution in [0.4, 0.5) is 16.2 Å². The number of urea groups is 1. The summed E-state index contributed by atoms with van der Waals surface area (Å²) in [4.78, 5) is 38.7. The predicted molar refractivity (Wildman–Crippen MR) is 115 cm³/mol. The molecule has 0 aliphatic carbocycles. The number of benzene rings is 3. The SMILES string of the molecule is COCCCN1C(=O)c2ccc(NC(=O)Nc3ccc4ccccc4c3)cc2C1=O. The zero-order valence-electron chi connectivity index (χ0n) is 16.5. The molecule has 1 heterocycles. The second kappa shape index (κ2) is 8.34. The topological polar surface area (TPSA) is 87.7 Å². The summed E-state index contributed by atoms with van der Waals surface area (Å²) in [6, 6.07) is 17.8. The van der Waals surface area contributed by atoms with Gasteiger partial charge in [-0.2, -0.15) is 0 Å². The Morgan fingerprint density at radius 1 is 0.867 bits per heavy atom. The molecule has 0 saturated heterocycles. The number of ether oxygens (including phenoxy) is 1. The van der Waals surface area contributed by atoms with Gasteiger partial charge in [-0.25, -0.2) is 4.79 Å². The molecule has 0 unspecified atom stereocenters. The lowest BCUT2D eigenvalue weighted by atomic mass is 10.1. The molecule has 3 aromatic carbocycles. The minimum atomic E-state index is -0.432. The number of methoxy groups -OCH3 is 1. The quantitative estimate of drug-likeness (QED) is 0.479. The number of nitrogens with one attached hydrogen (secondary N) is 2. The van der Waals surface area contributed by atoms with Crippen LogP contribution in [0.2, 0.25) is 0 Å². The van der Waals surface area contributed by atoms with Gasteiger partial charge in [0.25, 0.3) is 11.8 Å². The van der Waals surface area contributed by atoms with Crippen molar-refractivity contribution in [3.8, 4) is 0 Å². The Kier molecular flexibility index (Phi) is 5.45. The smallest absolute Gasteiger partial charge is 0.323 e. The van der Waals surface area contributed by atoms with E-state index >= 15 is 0 Å². The van der Waals surface area contributed by atoms with Gasteiger partial charge in [0.15, 0.2) is 0 Å². The van der Waals surface area contributed by atoms with E-state index in [0.29, 0.717) is 42.1 Å². The molecule has 7 heteroatoms. The Bertz CT molecular complexity index is 1140. The van der Waals surface area contributed by atoms with Crippen molar-refractivity contribution < 1.29 is 19.1 Å². The number of nitrogens with zero attached hydrogens (tertiary/aromatic N) is 1. The lowest BCUT2D eigenvalue weighted by molar-refractivity contribution is 0.0638. The van der Waals surface area contributed by atoms with Crippen LogP contribution in [-0.4, -0.2) is 43.0 Å². The molecule has 0 aromatic heterocycles. The van der Waals surface area contributed by atoms with Crippen molar-refractivity contribution in [1.82, 2.24) is 4.90 Å². The normalized spacial score (nSPS) is 12.9. The van der Waals surface area contributed by atoms with E-state index < -0.39 is 6.03 Å². The molecular weight excluding hydrogens is 382 g/mol. The number of hydrogen-bond donors (Lipinski definition) is 2. The van der Waals surface area contributed by atoms with E-state index in [-0.39, 0.29) is 11.8 Å². The summed E-state index contributed by atoms with van der Waals surface area (Å²) < 4.78 is 4.98.